The van der Waals surface area contributed by atoms with Crippen molar-refractivity contribution < 1.29 is 4.79 Å². The van der Waals surface area contributed by atoms with Crippen molar-refractivity contribution in [1.82, 2.24) is 24.8 Å². The number of para-hydroxylation sites is 3. The molecule has 0 bridgehead atoms. The zero-order valence-electron chi connectivity index (χ0n) is 16.3. The van der Waals surface area contributed by atoms with Crippen LogP contribution in [-0.4, -0.2) is 32.0 Å². The van der Waals surface area contributed by atoms with Gasteiger partial charge in [-0.1, -0.05) is 24.3 Å². The van der Waals surface area contributed by atoms with Crippen LogP contribution >= 0.6 is 0 Å². The van der Waals surface area contributed by atoms with Crippen LogP contribution in [0.25, 0.3) is 21.9 Å². The van der Waals surface area contributed by atoms with Crippen LogP contribution < -0.4 is 10.9 Å². The van der Waals surface area contributed by atoms with Gasteiger partial charge in [0, 0.05) is 32.9 Å². The molecule has 0 aliphatic rings. The van der Waals surface area contributed by atoms with Gasteiger partial charge in [0.1, 0.15) is 11.6 Å². The zero-order chi connectivity index (χ0) is 20.2. The van der Waals surface area contributed by atoms with Gasteiger partial charge in [-0.2, -0.15) is 0 Å². The minimum absolute atomic E-state index is 0.0502. The monoisotopic (exact) mass is 389 g/mol. The van der Waals surface area contributed by atoms with Crippen molar-refractivity contribution in [2.75, 3.05) is 6.54 Å². The van der Waals surface area contributed by atoms with Crippen LogP contribution in [0.5, 0.6) is 0 Å². The number of rotatable bonds is 7. The second-order valence-electron chi connectivity index (χ2n) is 7.06. The summed E-state index contributed by atoms with van der Waals surface area (Å²) in [5.74, 6) is 1.49. The molecular weight excluding hydrogens is 366 g/mol. The van der Waals surface area contributed by atoms with Gasteiger partial charge in [0.25, 0.3) is 5.56 Å². The summed E-state index contributed by atoms with van der Waals surface area (Å²) in [4.78, 5) is 36.0. The van der Waals surface area contributed by atoms with Crippen molar-refractivity contribution in [2.24, 2.45) is 7.05 Å². The van der Waals surface area contributed by atoms with E-state index >= 15 is 0 Å². The molecule has 0 unspecified atom stereocenters. The molecule has 7 nitrogen and oxygen atoms in total. The maximum atomic E-state index is 12.1. The van der Waals surface area contributed by atoms with Crippen LogP contribution in [-0.2, 0) is 24.7 Å². The molecule has 148 valence electrons. The van der Waals surface area contributed by atoms with Crippen molar-refractivity contribution in [1.29, 1.82) is 0 Å². The molecule has 0 aliphatic heterocycles. The molecule has 2 aromatic heterocycles. The number of H-pyrrole nitrogens is 1. The maximum absolute atomic E-state index is 12.1. The molecular formula is C22H23N5O2. The van der Waals surface area contributed by atoms with E-state index < -0.39 is 0 Å². The highest BCUT2D eigenvalue weighted by Crippen LogP contribution is 2.15. The minimum atomic E-state index is -0.173. The summed E-state index contributed by atoms with van der Waals surface area (Å²) >= 11 is 0. The number of amides is 1. The van der Waals surface area contributed by atoms with E-state index in [-0.39, 0.29) is 17.9 Å². The normalized spacial score (nSPS) is 11.2. The van der Waals surface area contributed by atoms with Crippen LogP contribution in [0.4, 0.5) is 0 Å². The predicted octanol–water partition coefficient (Wildman–Crippen LogP) is 2.49. The fourth-order valence-electron chi connectivity index (χ4n) is 3.47. The average molecular weight is 389 g/mol. The van der Waals surface area contributed by atoms with Crippen molar-refractivity contribution in [2.45, 2.75) is 25.7 Å². The third-order valence-corrected chi connectivity index (χ3v) is 5.03. The molecule has 4 rings (SSSR count). The molecule has 2 heterocycles. The lowest BCUT2D eigenvalue weighted by Gasteiger charge is -2.06. The number of aryl methyl sites for hydroxylation is 3. The summed E-state index contributed by atoms with van der Waals surface area (Å²) in [6.07, 6.45) is 2.29. The van der Waals surface area contributed by atoms with Crippen LogP contribution in [0, 0.1) is 0 Å². The van der Waals surface area contributed by atoms with Gasteiger partial charge in [-0.05, 0) is 30.7 Å². The molecule has 2 N–H and O–H groups in total. The third-order valence-electron chi connectivity index (χ3n) is 5.03. The molecule has 0 atom stereocenters. The van der Waals surface area contributed by atoms with E-state index in [1.54, 1.807) is 18.2 Å². The Bertz CT molecular complexity index is 1220. The fraction of sp³-hybridized carbons (Fsp3) is 0.273. The van der Waals surface area contributed by atoms with Crippen LogP contribution in [0.15, 0.2) is 53.3 Å². The van der Waals surface area contributed by atoms with Crippen molar-refractivity contribution in [3.63, 3.8) is 0 Å². The van der Waals surface area contributed by atoms with Gasteiger partial charge in [0.15, 0.2) is 0 Å². The molecule has 0 saturated carbocycles. The lowest BCUT2D eigenvalue weighted by molar-refractivity contribution is -0.121. The molecule has 0 saturated heterocycles. The first-order valence-corrected chi connectivity index (χ1v) is 9.77. The average Bonchev–Trinajstić information content (AvgIpc) is 3.06. The Balaban J connectivity index is 1.26. The number of imidazole rings is 1. The van der Waals surface area contributed by atoms with Gasteiger partial charge in [0.2, 0.25) is 5.91 Å². The quantitative estimate of drug-likeness (QED) is 0.475. The van der Waals surface area contributed by atoms with E-state index in [9.17, 15) is 9.59 Å². The second-order valence-corrected chi connectivity index (χ2v) is 7.06. The highest BCUT2D eigenvalue weighted by molar-refractivity contribution is 5.78. The van der Waals surface area contributed by atoms with Gasteiger partial charge >= 0.3 is 0 Å². The molecule has 0 radical (unpaired) electrons. The smallest absolute Gasteiger partial charge is 0.258 e. The number of carbonyl (C=O) groups excluding carboxylic acids is 1. The van der Waals surface area contributed by atoms with Crippen LogP contribution in [0.1, 0.15) is 24.5 Å². The Kier molecular flexibility index (Phi) is 5.37. The van der Waals surface area contributed by atoms with E-state index in [1.807, 2.05) is 31.3 Å². The lowest BCUT2D eigenvalue weighted by atomic mass is 10.2. The summed E-state index contributed by atoms with van der Waals surface area (Å²) in [5.41, 5.74) is 2.58. The minimum Gasteiger partial charge on any atom is -0.356 e. The van der Waals surface area contributed by atoms with E-state index in [4.69, 9.17) is 0 Å². The topological polar surface area (TPSA) is 92.7 Å². The number of carbonyl (C=O) groups is 1. The Hall–Kier alpha value is -3.48. The van der Waals surface area contributed by atoms with E-state index in [0.29, 0.717) is 29.7 Å². The van der Waals surface area contributed by atoms with E-state index in [0.717, 1.165) is 29.7 Å². The Labute approximate surface area is 167 Å². The summed E-state index contributed by atoms with van der Waals surface area (Å²) in [7, 11) is 2.01. The summed E-state index contributed by atoms with van der Waals surface area (Å²) < 4.78 is 2.10. The summed E-state index contributed by atoms with van der Waals surface area (Å²) in [6, 6.07) is 15.2. The van der Waals surface area contributed by atoms with Gasteiger partial charge in [-0.15, -0.1) is 0 Å². The number of nitrogens with one attached hydrogen (secondary N) is 2. The standard InChI is InChI=1S/C22H23N5O2/c1-27-18-10-5-4-9-17(18)25-20(27)11-6-14-23-21(28)13-12-19-24-16-8-3-2-7-15(16)22(29)26-19/h2-5,7-10H,6,11-14H2,1H3,(H,23,28)(H,24,26,29). The molecule has 0 aliphatic carbocycles. The Morgan fingerprint density at radius 3 is 2.62 bits per heavy atom. The maximum Gasteiger partial charge on any atom is 0.258 e. The SMILES string of the molecule is Cn1c(CCCNC(=O)CCc2nc3ccccc3c(=O)[nH]2)nc2ccccc21. The summed E-state index contributed by atoms with van der Waals surface area (Å²) in [6.45, 7) is 0.587. The highest BCUT2D eigenvalue weighted by atomic mass is 16.1. The number of nitrogens with zero attached hydrogens (tertiary/aromatic N) is 3. The van der Waals surface area contributed by atoms with Gasteiger partial charge in [-0.3, -0.25) is 9.59 Å². The molecule has 7 heteroatoms. The first-order chi connectivity index (χ1) is 14.1. The second kappa shape index (κ2) is 8.26. The first-order valence-electron chi connectivity index (χ1n) is 9.77. The Morgan fingerprint density at radius 1 is 1.03 bits per heavy atom. The van der Waals surface area contributed by atoms with Gasteiger partial charge in [0.05, 0.1) is 21.9 Å². The molecule has 4 aromatic rings. The zero-order valence-corrected chi connectivity index (χ0v) is 16.3. The van der Waals surface area contributed by atoms with Crippen molar-refractivity contribution in [3.05, 3.63) is 70.5 Å². The fourth-order valence-corrected chi connectivity index (χ4v) is 3.47. The van der Waals surface area contributed by atoms with E-state index in [2.05, 4.69) is 30.9 Å². The lowest BCUT2D eigenvalue weighted by Crippen LogP contribution is -2.25. The molecule has 0 fully saturated rings. The number of hydrogen-bond acceptors (Lipinski definition) is 4. The van der Waals surface area contributed by atoms with Gasteiger partial charge in [-0.25, -0.2) is 9.97 Å². The number of fused-ring (bicyclic) bond motifs is 2. The van der Waals surface area contributed by atoms with Crippen LogP contribution in [0.3, 0.4) is 0 Å². The van der Waals surface area contributed by atoms with Gasteiger partial charge < -0.3 is 14.9 Å². The first kappa shape index (κ1) is 18.9. The van der Waals surface area contributed by atoms with Crippen LogP contribution in [0.2, 0.25) is 0 Å². The third kappa shape index (κ3) is 4.18. The molecule has 0 spiro atoms. The largest absolute Gasteiger partial charge is 0.356 e. The molecule has 1 amide bonds. The Morgan fingerprint density at radius 2 is 1.79 bits per heavy atom. The molecule has 2 aromatic carbocycles. The predicted molar refractivity (Wildman–Crippen MR) is 113 cm³/mol. The number of aromatic amines is 1. The number of hydrogen-bond donors (Lipinski definition) is 2. The number of aromatic nitrogens is 4. The van der Waals surface area contributed by atoms with Crippen molar-refractivity contribution >= 4 is 27.8 Å². The highest BCUT2D eigenvalue weighted by Gasteiger charge is 2.08. The van der Waals surface area contributed by atoms with E-state index in [1.165, 1.54) is 0 Å². The molecule has 29 heavy (non-hydrogen) atoms. The van der Waals surface area contributed by atoms with Crippen molar-refractivity contribution in [3.8, 4) is 0 Å². The number of benzene rings is 2. The summed E-state index contributed by atoms with van der Waals surface area (Å²) in [5, 5.41) is 3.49.